The molecule has 1 aliphatic rings. The summed E-state index contributed by atoms with van der Waals surface area (Å²) in [7, 11) is 0. The predicted molar refractivity (Wildman–Crippen MR) is 84.4 cm³/mol. The molecule has 0 N–H and O–H groups in total. The Balaban J connectivity index is 2.04. The second-order valence-electron chi connectivity index (χ2n) is 5.96. The number of hydrogen-bond donors (Lipinski definition) is 0. The summed E-state index contributed by atoms with van der Waals surface area (Å²) >= 11 is 0.896. The van der Waals surface area contributed by atoms with Gasteiger partial charge in [-0.3, -0.25) is 0 Å². The second-order valence-corrected chi connectivity index (χ2v) is 8.81. The van der Waals surface area contributed by atoms with Crippen LogP contribution in [0.3, 0.4) is 0 Å². The molecule has 0 amide bonds. The minimum atomic E-state index is 0.104. The standard InChI is InChI=1S/C16H31O2.In.2H/c1-3-5-10-15(9-4-2)11-8-14-18-16-12-6-7-13-17-16;;;/h15-16H,2-14H2,1H3;;;. The Morgan fingerprint density at radius 3 is 2.63 bits per heavy atom. The van der Waals surface area contributed by atoms with Crippen molar-refractivity contribution in [2.45, 2.75) is 81.6 Å². The molecule has 0 radical (unpaired) electrons. The third-order valence-electron chi connectivity index (χ3n) is 4.13. The SMILES string of the molecule is CCCCC(CC[CH2][InH2])CCCOC1CCCCO1. The predicted octanol–water partition coefficient (Wildman–Crippen LogP) is 3.95. The van der Waals surface area contributed by atoms with E-state index in [2.05, 4.69) is 6.92 Å². The van der Waals surface area contributed by atoms with Crippen LogP contribution in [0.5, 0.6) is 0 Å². The van der Waals surface area contributed by atoms with Gasteiger partial charge in [-0.15, -0.1) is 0 Å². The quantitative estimate of drug-likeness (QED) is 0.512. The van der Waals surface area contributed by atoms with Gasteiger partial charge in [0.25, 0.3) is 0 Å². The van der Waals surface area contributed by atoms with Crippen molar-refractivity contribution in [2.75, 3.05) is 13.2 Å². The third kappa shape index (κ3) is 9.36. The molecular formula is C16H33InO2. The molecule has 0 aliphatic carbocycles. The van der Waals surface area contributed by atoms with Crippen LogP contribution in [0, 0.1) is 5.92 Å². The van der Waals surface area contributed by atoms with Crippen molar-refractivity contribution in [1.29, 1.82) is 0 Å². The summed E-state index contributed by atoms with van der Waals surface area (Å²) in [6.07, 6.45) is 13.4. The third-order valence-corrected chi connectivity index (χ3v) is 6.15. The molecule has 2 nitrogen and oxygen atoms in total. The fourth-order valence-electron chi connectivity index (χ4n) is 2.85. The second kappa shape index (κ2) is 12.5. The van der Waals surface area contributed by atoms with E-state index in [4.69, 9.17) is 9.47 Å². The number of unbranched alkanes of at least 4 members (excludes halogenated alkanes) is 1. The molecule has 112 valence electrons. The summed E-state index contributed by atoms with van der Waals surface area (Å²) in [5.74, 6) is 0.960. The van der Waals surface area contributed by atoms with E-state index in [1.165, 1.54) is 62.0 Å². The Morgan fingerprint density at radius 1 is 1.16 bits per heavy atom. The number of rotatable bonds is 11. The van der Waals surface area contributed by atoms with E-state index in [0.717, 1.165) is 49.9 Å². The first kappa shape index (κ1) is 17.8. The van der Waals surface area contributed by atoms with E-state index in [1.54, 1.807) is 0 Å². The molecule has 0 aromatic heterocycles. The van der Waals surface area contributed by atoms with Crippen molar-refractivity contribution in [1.82, 2.24) is 0 Å². The van der Waals surface area contributed by atoms with Gasteiger partial charge in [0.2, 0.25) is 0 Å². The van der Waals surface area contributed by atoms with Crippen molar-refractivity contribution in [2.24, 2.45) is 5.92 Å². The van der Waals surface area contributed by atoms with Crippen molar-refractivity contribution in [3.05, 3.63) is 0 Å². The monoisotopic (exact) mass is 372 g/mol. The van der Waals surface area contributed by atoms with Gasteiger partial charge in [-0.25, -0.2) is 0 Å². The Hall–Kier alpha value is 0.790. The Morgan fingerprint density at radius 2 is 1.95 bits per heavy atom. The average Bonchev–Trinajstić information content (AvgIpc) is 2.46. The summed E-state index contributed by atoms with van der Waals surface area (Å²) < 4.78 is 13.0. The van der Waals surface area contributed by atoms with Gasteiger partial charge >= 0.3 is 135 Å². The van der Waals surface area contributed by atoms with Crippen LogP contribution in [0.15, 0.2) is 0 Å². The number of ether oxygens (including phenoxy) is 2. The van der Waals surface area contributed by atoms with Crippen LogP contribution in [0.4, 0.5) is 0 Å². The molecule has 2 unspecified atom stereocenters. The van der Waals surface area contributed by atoms with Crippen molar-refractivity contribution >= 4 is 24.4 Å². The first-order valence-electron chi connectivity index (χ1n) is 8.60. The zero-order valence-corrected chi connectivity index (χ0v) is 18.9. The first-order chi connectivity index (χ1) is 9.36. The number of hydrogen-bond acceptors (Lipinski definition) is 2. The van der Waals surface area contributed by atoms with E-state index >= 15 is 0 Å². The average molecular weight is 372 g/mol. The van der Waals surface area contributed by atoms with Gasteiger partial charge < -0.3 is 0 Å². The Kier molecular flexibility index (Phi) is 11.8. The topological polar surface area (TPSA) is 18.5 Å². The molecule has 0 bridgehead atoms. The molecule has 0 aromatic rings. The molecule has 2 atom stereocenters. The van der Waals surface area contributed by atoms with Crippen LogP contribution < -0.4 is 0 Å². The zero-order chi connectivity index (χ0) is 13.8. The van der Waals surface area contributed by atoms with Crippen LogP contribution >= 0.6 is 0 Å². The normalized spacial score (nSPS) is 21.4. The molecule has 1 rings (SSSR count). The van der Waals surface area contributed by atoms with E-state index in [0.29, 0.717) is 0 Å². The maximum atomic E-state index is 5.83. The Labute approximate surface area is 134 Å². The molecule has 19 heavy (non-hydrogen) atoms. The van der Waals surface area contributed by atoms with Gasteiger partial charge in [0.1, 0.15) is 0 Å². The molecule has 0 aromatic carbocycles. The maximum absolute atomic E-state index is 5.83. The summed E-state index contributed by atoms with van der Waals surface area (Å²) in [6.45, 7) is 4.10. The molecule has 1 heterocycles. The van der Waals surface area contributed by atoms with Gasteiger partial charge in [0.15, 0.2) is 0 Å². The molecule has 1 aliphatic heterocycles. The molecule has 1 saturated heterocycles. The van der Waals surface area contributed by atoms with E-state index in [9.17, 15) is 0 Å². The van der Waals surface area contributed by atoms with Crippen LogP contribution in [-0.2, 0) is 9.47 Å². The van der Waals surface area contributed by atoms with Crippen molar-refractivity contribution in [3.63, 3.8) is 0 Å². The van der Waals surface area contributed by atoms with Crippen LogP contribution in [-0.4, -0.2) is 43.9 Å². The van der Waals surface area contributed by atoms with Crippen molar-refractivity contribution < 1.29 is 9.47 Å². The zero-order valence-electron chi connectivity index (χ0n) is 13.2. The molecule has 0 spiro atoms. The fraction of sp³-hybridized carbons (Fsp3) is 1.00. The van der Waals surface area contributed by atoms with E-state index in [1.807, 2.05) is 0 Å². The van der Waals surface area contributed by atoms with Crippen LogP contribution in [0.25, 0.3) is 0 Å². The van der Waals surface area contributed by atoms with Crippen LogP contribution in [0.2, 0.25) is 4.18 Å². The summed E-state index contributed by atoms with van der Waals surface area (Å²) in [6, 6.07) is 0. The van der Waals surface area contributed by atoms with Crippen molar-refractivity contribution in [3.8, 4) is 0 Å². The summed E-state index contributed by atoms with van der Waals surface area (Å²) in [4.78, 5) is 0. The Bertz CT molecular complexity index is 185. The molecule has 1 fully saturated rings. The molecular weight excluding hydrogens is 339 g/mol. The fourth-order valence-corrected chi connectivity index (χ4v) is 4.01. The van der Waals surface area contributed by atoms with Gasteiger partial charge in [0.05, 0.1) is 0 Å². The first-order valence-corrected chi connectivity index (χ1v) is 12.6. The van der Waals surface area contributed by atoms with Gasteiger partial charge in [-0.2, -0.15) is 0 Å². The summed E-state index contributed by atoms with van der Waals surface area (Å²) in [5, 5.41) is 0. The molecule has 0 saturated carbocycles. The van der Waals surface area contributed by atoms with E-state index in [-0.39, 0.29) is 6.29 Å². The van der Waals surface area contributed by atoms with Gasteiger partial charge in [-0.05, 0) is 0 Å². The van der Waals surface area contributed by atoms with Crippen LogP contribution in [0.1, 0.15) is 71.1 Å². The van der Waals surface area contributed by atoms with Gasteiger partial charge in [0, 0.05) is 0 Å². The molecule has 3 heteroatoms. The minimum absolute atomic E-state index is 0.104. The van der Waals surface area contributed by atoms with Gasteiger partial charge in [-0.1, -0.05) is 0 Å². The summed E-state index contributed by atoms with van der Waals surface area (Å²) in [5.41, 5.74) is 0. The van der Waals surface area contributed by atoms with E-state index < -0.39 is 0 Å².